The lowest BCUT2D eigenvalue weighted by Crippen LogP contribution is -2.13. The molecule has 2 heterocycles. The van der Waals surface area contributed by atoms with Crippen LogP contribution in [-0.4, -0.2) is 21.0 Å². The van der Waals surface area contributed by atoms with Gasteiger partial charge in [0, 0.05) is 17.2 Å². The molecule has 0 radical (unpaired) electrons. The molecule has 2 N–H and O–H groups in total. The molecule has 0 aliphatic rings. The molecule has 0 unspecified atom stereocenters. The number of hydrogen-bond donors (Lipinski definition) is 1. The van der Waals surface area contributed by atoms with Crippen LogP contribution in [0, 0.1) is 0 Å². The number of carbonyl (C=O) groups is 1. The molecule has 0 aliphatic heterocycles. The first kappa shape index (κ1) is 13.3. The van der Waals surface area contributed by atoms with Gasteiger partial charge in [0.2, 0.25) is 0 Å². The van der Waals surface area contributed by atoms with Crippen LogP contribution in [0.4, 0.5) is 0 Å². The lowest BCUT2D eigenvalue weighted by molar-refractivity contribution is 0.0995. The second kappa shape index (κ2) is 5.34. The molecule has 2 aromatic heterocycles. The van der Waals surface area contributed by atoms with Gasteiger partial charge in [-0.05, 0) is 18.2 Å². The molecule has 3 rings (SSSR count). The van der Waals surface area contributed by atoms with Crippen molar-refractivity contribution in [2.75, 3.05) is 0 Å². The molecular formula is C14H9ClN4O2. The number of rotatable bonds is 3. The van der Waals surface area contributed by atoms with Gasteiger partial charge >= 0.3 is 0 Å². The van der Waals surface area contributed by atoms with Gasteiger partial charge in [-0.2, -0.15) is 0 Å². The van der Waals surface area contributed by atoms with E-state index in [2.05, 4.69) is 15.1 Å². The van der Waals surface area contributed by atoms with E-state index in [4.69, 9.17) is 21.9 Å². The summed E-state index contributed by atoms with van der Waals surface area (Å²) in [6.07, 6.45) is 4.33. The van der Waals surface area contributed by atoms with Crippen molar-refractivity contribution < 1.29 is 9.32 Å². The number of hydrogen-bond acceptors (Lipinski definition) is 5. The number of carbonyl (C=O) groups excluding carboxylic acids is 1. The summed E-state index contributed by atoms with van der Waals surface area (Å²) in [5.41, 5.74) is 7.25. The minimum absolute atomic E-state index is 0.0984. The van der Waals surface area contributed by atoms with E-state index in [9.17, 15) is 4.79 Å². The van der Waals surface area contributed by atoms with Crippen LogP contribution in [0.1, 0.15) is 10.5 Å². The van der Waals surface area contributed by atoms with E-state index in [0.717, 1.165) is 5.56 Å². The second-order valence-corrected chi connectivity index (χ2v) is 4.63. The highest BCUT2D eigenvalue weighted by Crippen LogP contribution is 2.31. The van der Waals surface area contributed by atoms with Gasteiger partial charge in [-0.1, -0.05) is 16.8 Å². The maximum absolute atomic E-state index is 11.0. The first-order valence-corrected chi connectivity index (χ1v) is 6.36. The van der Waals surface area contributed by atoms with Crippen LogP contribution < -0.4 is 5.73 Å². The molecule has 7 heteroatoms. The Kier molecular flexibility index (Phi) is 3.37. The largest absolute Gasteiger partial charge is 0.364 e. The van der Waals surface area contributed by atoms with Gasteiger partial charge in [-0.15, -0.1) is 0 Å². The molecule has 0 bridgehead atoms. The Labute approximate surface area is 124 Å². The Balaban J connectivity index is 2.05. The maximum Gasteiger partial charge on any atom is 0.268 e. The summed E-state index contributed by atoms with van der Waals surface area (Å²) in [6, 6.07) is 7.11. The summed E-state index contributed by atoms with van der Waals surface area (Å²) in [7, 11) is 0. The fraction of sp³-hybridized carbons (Fsp3) is 0. The number of nitrogens with two attached hydrogens (primary N) is 1. The van der Waals surface area contributed by atoms with Gasteiger partial charge in [0.05, 0.1) is 29.3 Å². The van der Waals surface area contributed by atoms with E-state index in [0.29, 0.717) is 22.0 Å². The van der Waals surface area contributed by atoms with E-state index in [1.165, 1.54) is 12.4 Å². The van der Waals surface area contributed by atoms with E-state index in [-0.39, 0.29) is 5.69 Å². The number of amides is 1. The van der Waals surface area contributed by atoms with Crippen molar-refractivity contribution in [3.05, 3.63) is 53.6 Å². The van der Waals surface area contributed by atoms with Crippen LogP contribution in [0.15, 0.2) is 47.4 Å². The zero-order chi connectivity index (χ0) is 14.8. The van der Waals surface area contributed by atoms with Crippen LogP contribution >= 0.6 is 11.6 Å². The van der Waals surface area contributed by atoms with Crippen LogP contribution in [-0.2, 0) is 0 Å². The topological polar surface area (TPSA) is 94.9 Å². The Morgan fingerprint density at radius 2 is 2.05 bits per heavy atom. The third-order valence-corrected chi connectivity index (χ3v) is 3.20. The number of primary amides is 1. The molecule has 0 fully saturated rings. The summed E-state index contributed by atoms with van der Waals surface area (Å²) >= 11 is 6.19. The Bertz CT molecular complexity index is 785. The smallest absolute Gasteiger partial charge is 0.268 e. The highest BCUT2D eigenvalue weighted by atomic mass is 35.5. The molecule has 0 spiro atoms. The number of halogens is 1. The summed E-state index contributed by atoms with van der Waals surface area (Å²) in [5, 5.41) is 4.18. The molecular weight excluding hydrogens is 292 g/mol. The minimum atomic E-state index is -0.629. The molecule has 0 aliphatic carbocycles. The van der Waals surface area contributed by atoms with Gasteiger partial charge in [0.1, 0.15) is 5.69 Å². The van der Waals surface area contributed by atoms with Crippen molar-refractivity contribution in [1.82, 2.24) is 15.1 Å². The van der Waals surface area contributed by atoms with Crippen LogP contribution in [0.3, 0.4) is 0 Å². The van der Waals surface area contributed by atoms with Crippen LogP contribution in [0.2, 0.25) is 5.02 Å². The van der Waals surface area contributed by atoms with Crippen molar-refractivity contribution in [2.24, 2.45) is 5.73 Å². The lowest BCUT2D eigenvalue weighted by atomic mass is 10.1. The SMILES string of the molecule is NC(=O)c1cnc(-c2cc(-c3ccno3)ccc2Cl)cn1. The van der Waals surface area contributed by atoms with Crippen molar-refractivity contribution in [3.63, 3.8) is 0 Å². The fourth-order valence-electron chi connectivity index (χ4n) is 1.83. The van der Waals surface area contributed by atoms with E-state index in [1.54, 1.807) is 18.3 Å². The molecule has 1 aromatic carbocycles. The quantitative estimate of drug-likeness (QED) is 0.802. The first-order valence-electron chi connectivity index (χ1n) is 5.98. The van der Waals surface area contributed by atoms with E-state index >= 15 is 0 Å². The third kappa shape index (κ3) is 2.61. The predicted molar refractivity (Wildman–Crippen MR) is 76.5 cm³/mol. The van der Waals surface area contributed by atoms with Crippen LogP contribution in [0.25, 0.3) is 22.6 Å². The summed E-state index contributed by atoms with van der Waals surface area (Å²) < 4.78 is 5.11. The highest BCUT2D eigenvalue weighted by molar-refractivity contribution is 6.33. The van der Waals surface area contributed by atoms with E-state index in [1.807, 2.05) is 12.1 Å². The van der Waals surface area contributed by atoms with E-state index < -0.39 is 5.91 Å². The van der Waals surface area contributed by atoms with Gasteiger partial charge in [-0.3, -0.25) is 9.78 Å². The molecule has 0 atom stereocenters. The predicted octanol–water partition coefficient (Wildman–Crippen LogP) is 2.55. The lowest BCUT2D eigenvalue weighted by Gasteiger charge is -2.05. The summed E-state index contributed by atoms with van der Waals surface area (Å²) in [5.74, 6) is -0.00908. The number of benzene rings is 1. The van der Waals surface area contributed by atoms with Gasteiger partial charge < -0.3 is 10.3 Å². The molecule has 21 heavy (non-hydrogen) atoms. The zero-order valence-electron chi connectivity index (χ0n) is 10.7. The first-order chi connectivity index (χ1) is 10.1. The monoisotopic (exact) mass is 300 g/mol. The number of nitrogens with zero attached hydrogens (tertiary/aromatic N) is 3. The highest BCUT2D eigenvalue weighted by Gasteiger charge is 2.11. The van der Waals surface area contributed by atoms with Crippen molar-refractivity contribution >= 4 is 17.5 Å². The molecule has 3 aromatic rings. The Morgan fingerprint density at radius 3 is 2.67 bits per heavy atom. The summed E-state index contributed by atoms with van der Waals surface area (Å²) in [6.45, 7) is 0. The Hall–Kier alpha value is -2.73. The molecule has 6 nitrogen and oxygen atoms in total. The molecule has 1 amide bonds. The normalized spacial score (nSPS) is 10.5. The van der Waals surface area contributed by atoms with Crippen molar-refractivity contribution in [2.45, 2.75) is 0 Å². The zero-order valence-corrected chi connectivity index (χ0v) is 11.4. The molecule has 0 saturated heterocycles. The van der Waals surface area contributed by atoms with Gasteiger partial charge in [0.25, 0.3) is 5.91 Å². The number of aromatic nitrogens is 3. The second-order valence-electron chi connectivity index (χ2n) is 4.22. The maximum atomic E-state index is 11.0. The standard InChI is InChI=1S/C14H9ClN4O2/c15-10-2-1-8(13-3-4-19-21-13)5-9(10)11-6-18-12(7-17-11)14(16)20/h1-7H,(H2,16,20). The minimum Gasteiger partial charge on any atom is -0.364 e. The third-order valence-electron chi connectivity index (χ3n) is 2.87. The van der Waals surface area contributed by atoms with Gasteiger partial charge in [-0.25, -0.2) is 4.98 Å². The molecule has 104 valence electrons. The Morgan fingerprint density at radius 1 is 1.19 bits per heavy atom. The van der Waals surface area contributed by atoms with Crippen molar-refractivity contribution in [3.8, 4) is 22.6 Å². The average Bonchev–Trinajstić information content (AvgIpc) is 3.02. The average molecular weight is 301 g/mol. The van der Waals surface area contributed by atoms with Crippen LogP contribution in [0.5, 0.6) is 0 Å². The molecule has 0 saturated carbocycles. The summed E-state index contributed by atoms with van der Waals surface area (Å²) in [4.78, 5) is 19.1. The van der Waals surface area contributed by atoms with Gasteiger partial charge in [0.15, 0.2) is 5.76 Å². The van der Waals surface area contributed by atoms with Crippen molar-refractivity contribution in [1.29, 1.82) is 0 Å². The fourth-order valence-corrected chi connectivity index (χ4v) is 2.05.